The Bertz CT molecular complexity index is 1310. The standard InChI is InChI=1S/C27H25N5O2/c33-26(22-9-3-11-28-18-22)30-24-10-2-6-21(17-24)27(34)32-15-13-31(14-16-32)19-23-7-1-5-20-8-4-12-29-25(20)23/h1-12,17-18H,13-16,19H2,(H,30,33). The van der Waals surface area contributed by atoms with Gasteiger partial charge >= 0.3 is 0 Å². The predicted molar refractivity (Wildman–Crippen MR) is 132 cm³/mol. The van der Waals surface area contributed by atoms with Crippen LogP contribution in [0.4, 0.5) is 5.69 Å². The topological polar surface area (TPSA) is 78.4 Å². The first-order valence-electron chi connectivity index (χ1n) is 11.3. The van der Waals surface area contributed by atoms with Gasteiger partial charge in [0.25, 0.3) is 11.8 Å². The summed E-state index contributed by atoms with van der Waals surface area (Å²) >= 11 is 0. The zero-order valence-electron chi connectivity index (χ0n) is 18.7. The predicted octanol–water partition coefficient (Wildman–Crippen LogP) is 3.84. The molecule has 7 heteroatoms. The number of fused-ring (bicyclic) bond motifs is 1. The van der Waals surface area contributed by atoms with Gasteiger partial charge < -0.3 is 10.2 Å². The van der Waals surface area contributed by atoms with Crippen LogP contribution < -0.4 is 5.32 Å². The number of rotatable bonds is 5. The lowest BCUT2D eigenvalue weighted by Crippen LogP contribution is -2.48. The molecule has 2 amide bonds. The van der Waals surface area contributed by atoms with Gasteiger partial charge in [0, 0.05) is 68.0 Å². The minimum absolute atomic E-state index is 0.0241. The van der Waals surface area contributed by atoms with Crippen LogP contribution in [0.3, 0.4) is 0 Å². The van der Waals surface area contributed by atoms with Crippen LogP contribution in [-0.2, 0) is 6.54 Å². The summed E-state index contributed by atoms with van der Waals surface area (Å²) in [6, 6.07) is 20.8. The Kier molecular flexibility index (Phi) is 6.27. The van der Waals surface area contributed by atoms with Gasteiger partial charge in [-0.3, -0.25) is 24.5 Å². The summed E-state index contributed by atoms with van der Waals surface area (Å²) in [5.74, 6) is -0.279. The molecular weight excluding hydrogens is 426 g/mol. The number of carbonyl (C=O) groups is 2. The van der Waals surface area contributed by atoms with Crippen LogP contribution in [0.5, 0.6) is 0 Å². The molecule has 1 aliphatic rings. The molecule has 0 spiro atoms. The smallest absolute Gasteiger partial charge is 0.257 e. The van der Waals surface area contributed by atoms with Gasteiger partial charge in [-0.15, -0.1) is 0 Å². The molecule has 1 fully saturated rings. The van der Waals surface area contributed by atoms with Crippen molar-refractivity contribution in [2.45, 2.75) is 6.54 Å². The first-order chi connectivity index (χ1) is 16.7. The summed E-state index contributed by atoms with van der Waals surface area (Å²) in [5, 5.41) is 3.98. The van der Waals surface area contributed by atoms with Crippen molar-refractivity contribution in [3.05, 3.63) is 102 Å². The Morgan fingerprint density at radius 3 is 2.44 bits per heavy atom. The highest BCUT2D eigenvalue weighted by Crippen LogP contribution is 2.20. The van der Waals surface area contributed by atoms with E-state index in [0.717, 1.165) is 30.5 Å². The highest BCUT2D eigenvalue weighted by molar-refractivity contribution is 6.05. The minimum atomic E-state index is -0.255. The summed E-state index contributed by atoms with van der Waals surface area (Å²) < 4.78 is 0. The fraction of sp³-hybridized carbons (Fsp3) is 0.185. The molecule has 1 aliphatic heterocycles. The number of piperazine rings is 1. The lowest BCUT2D eigenvalue weighted by Gasteiger charge is -2.35. The van der Waals surface area contributed by atoms with Crippen LogP contribution in [0.25, 0.3) is 10.9 Å². The fourth-order valence-corrected chi connectivity index (χ4v) is 4.26. The quantitative estimate of drug-likeness (QED) is 0.499. The molecule has 2 aromatic carbocycles. The zero-order valence-corrected chi connectivity index (χ0v) is 18.7. The molecule has 0 aliphatic carbocycles. The Hall–Kier alpha value is -4.10. The van der Waals surface area contributed by atoms with E-state index >= 15 is 0 Å². The van der Waals surface area contributed by atoms with Crippen LogP contribution in [0.1, 0.15) is 26.3 Å². The Morgan fingerprint density at radius 2 is 1.62 bits per heavy atom. The molecular formula is C27H25N5O2. The molecule has 0 radical (unpaired) electrons. The second kappa shape index (κ2) is 9.80. The SMILES string of the molecule is O=C(Nc1cccc(C(=O)N2CCN(Cc3cccc4cccnc34)CC2)c1)c1cccnc1. The number of nitrogens with one attached hydrogen (secondary N) is 1. The first-order valence-corrected chi connectivity index (χ1v) is 11.3. The highest BCUT2D eigenvalue weighted by Gasteiger charge is 2.23. The Labute approximate surface area is 198 Å². The molecule has 170 valence electrons. The number of amides is 2. The molecule has 5 rings (SSSR count). The van der Waals surface area contributed by atoms with E-state index in [4.69, 9.17) is 0 Å². The van der Waals surface area contributed by atoms with Gasteiger partial charge in [0.15, 0.2) is 0 Å². The van der Waals surface area contributed by atoms with Crippen molar-refractivity contribution in [3.63, 3.8) is 0 Å². The van der Waals surface area contributed by atoms with Crippen LogP contribution in [0.15, 0.2) is 85.3 Å². The third kappa shape index (κ3) is 4.79. The third-order valence-electron chi connectivity index (χ3n) is 6.06. The van der Waals surface area contributed by atoms with Crippen LogP contribution >= 0.6 is 0 Å². The summed E-state index contributed by atoms with van der Waals surface area (Å²) in [4.78, 5) is 38.3. The van der Waals surface area contributed by atoms with E-state index in [2.05, 4.69) is 44.5 Å². The van der Waals surface area contributed by atoms with Crippen molar-refractivity contribution in [2.24, 2.45) is 0 Å². The summed E-state index contributed by atoms with van der Waals surface area (Å²) in [6.07, 6.45) is 4.96. The van der Waals surface area contributed by atoms with Gasteiger partial charge in [-0.2, -0.15) is 0 Å². The van der Waals surface area contributed by atoms with Crippen molar-refractivity contribution in [1.82, 2.24) is 19.8 Å². The molecule has 2 aromatic heterocycles. The number of hydrogen-bond donors (Lipinski definition) is 1. The normalized spacial score (nSPS) is 14.2. The van der Waals surface area contributed by atoms with E-state index < -0.39 is 0 Å². The van der Waals surface area contributed by atoms with Crippen molar-refractivity contribution >= 4 is 28.4 Å². The second-order valence-electron chi connectivity index (χ2n) is 8.34. The number of pyridine rings is 2. The summed E-state index contributed by atoms with van der Waals surface area (Å²) in [7, 11) is 0. The van der Waals surface area contributed by atoms with Gasteiger partial charge in [0.1, 0.15) is 0 Å². The second-order valence-corrected chi connectivity index (χ2v) is 8.34. The van der Waals surface area contributed by atoms with Crippen LogP contribution in [-0.4, -0.2) is 57.8 Å². The van der Waals surface area contributed by atoms with E-state index in [1.165, 1.54) is 11.8 Å². The number of anilines is 1. The largest absolute Gasteiger partial charge is 0.336 e. The average Bonchev–Trinajstić information content (AvgIpc) is 2.89. The van der Waals surface area contributed by atoms with Crippen molar-refractivity contribution in [1.29, 1.82) is 0 Å². The van der Waals surface area contributed by atoms with Gasteiger partial charge in [-0.05, 0) is 42.0 Å². The van der Waals surface area contributed by atoms with Gasteiger partial charge in [0.05, 0.1) is 11.1 Å². The summed E-state index contributed by atoms with van der Waals surface area (Å²) in [6.45, 7) is 3.72. The Morgan fingerprint density at radius 1 is 0.853 bits per heavy atom. The maximum Gasteiger partial charge on any atom is 0.257 e. The van der Waals surface area contributed by atoms with Crippen LogP contribution in [0, 0.1) is 0 Å². The van der Waals surface area contributed by atoms with E-state index in [9.17, 15) is 9.59 Å². The molecule has 34 heavy (non-hydrogen) atoms. The number of hydrogen-bond acceptors (Lipinski definition) is 5. The van der Waals surface area contributed by atoms with Crippen molar-refractivity contribution in [2.75, 3.05) is 31.5 Å². The van der Waals surface area contributed by atoms with Gasteiger partial charge in [-0.25, -0.2) is 0 Å². The van der Waals surface area contributed by atoms with Gasteiger partial charge in [0.2, 0.25) is 0 Å². The maximum atomic E-state index is 13.1. The van der Waals surface area contributed by atoms with Crippen LogP contribution in [0.2, 0.25) is 0 Å². The molecule has 4 aromatic rings. The van der Waals surface area contributed by atoms with Gasteiger partial charge in [-0.1, -0.05) is 30.3 Å². The third-order valence-corrected chi connectivity index (χ3v) is 6.06. The minimum Gasteiger partial charge on any atom is -0.336 e. The summed E-state index contributed by atoms with van der Waals surface area (Å²) in [5.41, 5.74) is 3.86. The van der Waals surface area contributed by atoms with Crippen molar-refractivity contribution < 1.29 is 9.59 Å². The molecule has 0 bridgehead atoms. The zero-order chi connectivity index (χ0) is 23.3. The van der Waals surface area contributed by atoms with E-state index in [1.807, 2.05) is 17.2 Å². The Balaban J connectivity index is 1.20. The molecule has 7 nitrogen and oxygen atoms in total. The molecule has 0 saturated carbocycles. The van der Waals surface area contributed by atoms with E-state index in [0.29, 0.717) is 29.9 Å². The number of carbonyl (C=O) groups excluding carboxylic acids is 2. The molecule has 3 heterocycles. The molecule has 0 unspecified atom stereocenters. The average molecular weight is 452 g/mol. The highest BCUT2D eigenvalue weighted by atomic mass is 16.2. The number of nitrogens with zero attached hydrogens (tertiary/aromatic N) is 4. The van der Waals surface area contributed by atoms with E-state index in [-0.39, 0.29) is 11.8 Å². The lowest BCUT2D eigenvalue weighted by molar-refractivity contribution is 0.0628. The monoisotopic (exact) mass is 451 g/mol. The lowest BCUT2D eigenvalue weighted by atomic mass is 10.1. The number of para-hydroxylation sites is 1. The fourth-order valence-electron chi connectivity index (χ4n) is 4.26. The van der Waals surface area contributed by atoms with E-state index in [1.54, 1.807) is 42.6 Å². The molecule has 0 atom stereocenters. The molecule has 1 saturated heterocycles. The number of benzene rings is 2. The first kappa shape index (κ1) is 21.7. The molecule has 1 N–H and O–H groups in total. The number of aromatic nitrogens is 2. The maximum absolute atomic E-state index is 13.1. The van der Waals surface area contributed by atoms with Crippen molar-refractivity contribution in [3.8, 4) is 0 Å².